The van der Waals surface area contributed by atoms with Crippen molar-refractivity contribution < 1.29 is 9.53 Å². The molecule has 0 bridgehead atoms. The summed E-state index contributed by atoms with van der Waals surface area (Å²) in [7, 11) is 0. The second-order valence-corrected chi connectivity index (χ2v) is 7.73. The normalized spacial score (nSPS) is 12.0. The molecule has 2 aromatic carbocycles. The number of carbonyl (C=O) groups excluding carboxylic acids is 1. The predicted molar refractivity (Wildman–Crippen MR) is 129 cm³/mol. The van der Waals surface area contributed by atoms with E-state index in [-0.39, 0.29) is 18.5 Å². The Bertz CT molecular complexity index is 1040. The molecule has 0 aliphatic heterocycles. The number of carbonyl (C=O) groups is 1. The monoisotopic (exact) mass is 453 g/mol. The van der Waals surface area contributed by atoms with E-state index in [4.69, 9.17) is 17.0 Å². The number of nitrogens with one attached hydrogen (secondary N) is 2. The van der Waals surface area contributed by atoms with Crippen molar-refractivity contribution in [2.75, 3.05) is 26.2 Å². The molecule has 3 rings (SSSR count). The standard InChI is InChI=1S/C24H31N5O2S/c1-4-28(5-2)21(18-10-8-7-9-11-18)16-25-22(30)17-29-23(26-27-24(29)32)19-12-14-20(15-13-19)31-6-3/h7-15,21H,4-6,16-17H2,1-3H3,(H,25,30)(H,27,32). The van der Waals surface area contributed by atoms with Crippen molar-refractivity contribution in [3.8, 4) is 17.1 Å². The molecule has 1 aromatic heterocycles. The molecule has 0 aliphatic carbocycles. The van der Waals surface area contributed by atoms with Gasteiger partial charge in [0, 0.05) is 12.1 Å². The van der Waals surface area contributed by atoms with Crippen LogP contribution in [0, 0.1) is 4.77 Å². The summed E-state index contributed by atoms with van der Waals surface area (Å²) in [6.07, 6.45) is 0. The first-order valence-corrected chi connectivity index (χ1v) is 11.4. The minimum atomic E-state index is -0.109. The third-order valence-corrected chi connectivity index (χ3v) is 5.73. The maximum atomic E-state index is 12.9. The fourth-order valence-corrected chi connectivity index (χ4v) is 3.96. The molecule has 0 saturated heterocycles. The topological polar surface area (TPSA) is 75.2 Å². The Hall–Kier alpha value is -2.97. The van der Waals surface area contributed by atoms with Gasteiger partial charge in [-0.2, -0.15) is 5.10 Å². The SMILES string of the molecule is CCOc1ccc(-c2n[nH]c(=S)n2CC(=O)NCC(c2ccccc2)N(CC)CC)cc1. The average molecular weight is 454 g/mol. The van der Waals surface area contributed by atoms with Gasteiger partial charge in [-0.1, -0.05) is 44.2 Å². The smallest absolute Gasteiger partial charge is 0.240 e. The first kappa shape index (κ1) is 23.7. The number of ether oxygens (including phenoxy) is 1. The second kappa shape index (κ2) is 11.6. The summed E-state index contributed by atoms with van der Waals surface area (Å²) >= 11 is 5.38. The van der Waals surface area contributed by atoms with E-state index in [1.807, 2.05) is 49.4 Å². The molecule has 3 aromatic rings. The van der Waals surface area contributed by atoms with Crippen LogP contribution in [0.2, 0.25) is 0 Å². The van der Waals surface area contributed by atoms with Crippen LogP contribution in [0.5, 0.6) is 5.75 Å². The maximum absolute atomic E-state index is 12.9. The van der Waals surface area contributed by atoms with Crippen molar-refractivity contribution in [1.29, 1.82) is 0 Å². The van der Waals surface area contributed by atoms with E-state index in [0.29, 0.717) is 23.7 Å². The lowest BCUT2D eigenvalue weighted by Gasteiger charge is -2.30. The highest BCUT2D eigenvalue weighted by molar-refractivity contribution is 7.71. The Morgan fingerprint density at radius 3 is 2.44 bits per heavy atom. The Kier molecular flexibility index (Phi) is 8.58. The van der Waals surface area contributed by atoms with Gasteiger partial charge in [0.2, 0.25) is 5.91 Å². The zero-order valence-electron chi connectivity index (χ0n) is 18.9. The van der Waals surface area contributed by atoms with Gasteiger partial charge in [0.05, 0.1) is 12.6 Å². The van der Waals surface area contributed by atoms with Gasteiger partial charge in [-0.3, -0.25) is 19.4 Å². The van der Waals surface area contributed by atoms with Gasteiger partial charge < -0.3 is 10.1 Å². The summed E-state index contributed by atoms with van der Waals surface area (Å²) in [5.74, 6) is 1.30. The summed E-state index contributed by atoms with van der Waals surface area (Å²) in [5.41, 5.74) is 2.05. The molecule has 0 saturated carbocycles. The number of hydrogen-bond donors (Lipinski definition) is 2. The Labute approximate surface area is 194 Å². The van der Waals surface area contributed by atoms with Gasteiger partial charge in [0.15, 0.2) is 10.6 Å². The molecule has 2 N–H and O–H groups in total. The van der Waals surface area contributed by atoms with Crippen LogP contribution >= 0.6 is 12.2 Å². The highest BCUT2D eigenvalue weighted by atomic mass is 32.1. The largest absolute Gasteiger partial charge is 0.494 e. The lowest BCUT2D eigenvalue weighted by atomic mass is 10.1. The van der Waals surface area contributed by atoms with E-state index in [1.54, 1.807) is 4.57 Å². The third-order valence-electron chi connectivity index (χ3n) is 5.41. The quantitative estimate of drug-likeness (QED) is 0.426. The fraction of sp³-hybridized carbons (Fsp3) is 0.375. The molecule has 1 heterocycles. The van der Waals surface area contributed by atoms with Crippen LogP contribution < -0.4 is 10.1 Å². The summed E-state index contributed by atoms with van der Waals surface area (Å²) < 4.78 is 7.63. The Balaban J connectivity index is 1.72. The van der Waals surface area contributed by atoms with Crippen molar-refractivity contribution in [3.63, 3.8) is 0 Å². The van der Waals surface area contributed by atoms with E-state index in [1.165, 1.54) is 5.56 Å². The van der Waals surface area contributed by atoms with E-state index in [0.717, 1.165) is 24.4 Å². The van der Waals surface area contributed by atoms with Crippen LogP contribution in [-0.4, -0.2) is 51.8 Å². The lowest BCUT2D eigenvalue weighted by molar-refractivity contribution is -0.121. The van der Waals surface area contributed by atoms with Crippen molar-refractivity contribution in [2.24, 2.45) is 0 Å². The van der Waals surface area contributed by atoms with Crippen LogP contribution in [-0.2, 0) is 11.3 Å². The third kappa shape index (κ3) is 5.83. The van der Waals surface area contributed by atoms with Gasteiger partial charge in [0.25, 0.3) is 0 Å². The van der Waals surface area contributed by atoms with Crippen LogP contribution in [0.25, 0.3) is 11.4 Å². The van der Waals surface area contributed by atoms with Gasteiger partial charge in [-0.25, -0.2) is 0 Å². The summed E-state index contributed by atoms with van der Waals surface area (Å²) in [5, 5.41) is 10.2. The predicted octanol–water partition coefficient (Wildman–Crippen LogP) is 4.21. The molecule has 1 unspecified atom stereocenters. The van der Waals surface area contributed by atoms with Gasteiger partial charge >= 0.3 is 0 Å². The van der Waals surface area contributed by atoms with Crippen LogP contribution in [0.15, 0.2) is 54.6 Å². The van der Waals surface area contributed by atoms with E-state index >= 15 is 0 Å². The van der Waals surface area contributed by atoms with Crippen molar-refractivity contribution in [3.05, 3.63) is 64.9 Å². The van der Waals surface area contributed by atoms with Crippen LogP contribution in [0.1, 0.15) is 32.4 Å². The maximum Gasteiger partial charge on any atom is 0.240 e. The highest BCUT2D eigenvalue weighted by Crippen LogP contribution is 2.22. The van der Waals surface area contributed by atoms with Crippen molar-refractivity contribution in [1.82, 2.24) is 25.0 Å². The molecular weight excluding hydrogens is 422 g/mol. The van der Waals surface area contributed by atoms with Gasteiger partial charge in [-0.15, -0.1) is 0 Å². The second-order valence-electron chi connectivity index (χ2n) is 7.35. The number of aromatic amines is 1. The minimum Gasteiger partial charge on any atom is -0.494 e. The van der Waals surface area contributed by atoms with E-state index in [9.17, 15) is 4.79 Å². The molecule has 8 heteroatoms. The van der Waals surface area contributed by atoms with Gasteiger partial charge in [0.1, 0.15) is 12.3 Å². The number of amides is 1. The number of H-pyrrole nitrogens is 1. The average Bonchev–Trinajstić information content (AvgIpc) is 3.18. The van der Waals surface area contributed by atoms with Crippen molar-refractivity contribution in [2.45, 2.75) is 33.4 Å². The van der Waals surface area contributed by atoms with Crippen LogP contribution in [0.4, 0.5) is 0 Å². The molecule has 0 radical (unpaired) electrons. The number of benzene rings is 2. The molecule has 32 heavy (non-hydrogen) atoms. The summed E-state index contributed by atoms with van der Waals surface area (Å²) in [4.78, 5) is 15.2. The highest BCUT2D eigenvalue weighted by Gasteiger charge is 2.19. The minimum absolute atomic E-state index is 0.0949. The number of hydrogen-bond acceptors (Lipinski definition) is 5. The molecule has 7 nitrogen and oxygen atoms in total. The fourth-order valence-electron chi connectivity index (χ4n) is 3.76. The van der Waals surface area contributed by atoms with Crippen molar-refractivity contribution >= 4 is 18.1 Å². The van der Waals surface area contributed by atoms with E-state index in [2.05, 4.69) is 46.4 Å². The number of nitrogens with zero attached hydrogens (tertiary/aromatic N) is 3. The zero-order valence-corrected chi connectivity index (χ0v) is 19.7. The molecule has 0 fully saturated rings. The summed E-state index contributed by atoms with van der Waals surface area (Å²) in [6.45, 7) is 9.24. The summed E-state index contributed by atoms with van der Waals surface area (Å²) in [6, 6.07) is 18.0. The number of likely N-dealkylation sites (N-methyl/N-ethyl adjacent to an activating group) is 1. The molecule has 1 atom stereocenters. The van der Waals surface area contributed by atoms with Crippen LogP contribution in [0.3, 0.4) is 0 Å². The lowest BCUT2D eigenvalue weighted by Crippen LogP contribution is -2.39. The molecular formula is C24H31N5O2S. The Morgan fingerprint density at radius 2 is 1.81 bits per heavy atom. The molecule has 0 aliphatic rings. The van der Waals surface area contributed by atoms with E-state index < -0.39 is 0 Å². The number of aromatic nitrogens is 3. The Morgan fingerprint density at radius 1 is 1.12 bits per heavy atom. The molecule has 1 amide bonds. The number of rotatable bonds is 11. The zero-order chi connectivity index (χ0) is 22.9. The first-order valence-electron chi connectivity index (χ1n) is 11.0. The first-order chi connectivity index (χ1) is 15.6. The van der Waals surface area contributed by atoms with Gasteiger partial charge in [-0.05, 0) is 62.1 Å². The molecule has 170 valence electrons. The molecule has 0 spiro atoms.